The fourth-order valence-electron chi connectivity index (χ4n) is 1.24. The van der Waals surface area contributed by atoms with Gasteiger partial charge in [0.25, 0.3) is 0 Å². The fraction of sp³-hybridized carbons (Fsp3) is 0.143. The van der Waals surface area contributed by atoms with Gasteiger partial charge in [-0.1, -0.05) is 17.1 Å². The van der Waals surface area contributed by atoms with E-state index in [4.69, 9.17) is 0 Å². The van der Waals surface area contributed by atoms with Gasteiger partial charge in [0.15, 0.2) is 11.7 Å². The van der Waals surface area contributed by atoms with Crippen LogP contribution in [0.4, 0.5) is 11.4 Å². The minimum Gasteiger partial charge on any atom is -0.361 e. The second kappa shape index (κ2) is 2.37. The Hall–Kier alpha value is -1.78. The molecule has 0 saturated carbocycles. The standard InChI is InChI=1S/C7H7N3O2/c11-10(12)9-5-8-6-3-1-2-4-7(6)9/h1-4,8H,5H2. The predicted octanol–water partition coefficient (Wildman–Crippen LogP) is 1.07. The zero-order chi connectivity index (χ0) is 8.55. The highest BCUT2D eigenvalue weighted by molar-refractivity contribution is 5.72. The van der Waals surface area contributed by atoms with Crippen molar-refractivity contribution in [3.8, 4) is 0 Å². The SMILES string of the molecule is O=[N+]([O-])N1CNc2ccccc21. The number of nitrogens with zero attached hydrogens (tertiary/aromatic N) is 2. The molecule has 0 amide bonds. The first-order valence-electron chi connectivity index (χ1n) is 3.54. The molecule has 5 heteroatoms. The Kier molecular flexibility index (Phi) is 1.36. The Bertz CT molecular complexity index is 326. The van der Waals surface area contributed by atoms with Crippen LogP contribution in [-0.4, -0.2) is 11.7 Å². The summed E-state index contributed by atoms with van der Waals surface area (Å²) in [6.45, 7) is 0.242. The molecule has 5 nitrogen and oxygen atoms in total. The first-order chi connectivity index (χ1) is 5.79. The molecular formula is C7H7N3O2. The van der Waals surface area contributed by atoms with E-state index in [9.17, 15) is 10.1 Å². The van der Waals surface area contributed by atoms with Crippen molar-refractivity contribution < 1.29 is 5.03 Å². The van der Waals surface area contributed by atoms with Crippen LogP contribution >= 0.6 is 0 Å². The molecule has 1 aromatic rings. The highest BCUT2D eigenvalue weighted by Gasteiger charge is 2.25. The minimum absolute atomic E-state index is 0.242. The molecule has 1 aromatic carbocycles. The van der Waals surface area contributed by atoms with Crippen LogP contribution < -0.4 is 10.3 Å². The van der Waals surface area contributed by atoms with Gasteiger partial charge in [0.05, 0.1) is 5.69 Å². The van der Waals surface area contributed by atoms with Crippen molar-refractivity contribution in [2.45, 2.75) is 0 Å². The second-order valence-electron chi connectivity index (χ2n) is 2.49. The van der Waals surface area contributed by atoms with Crippen LogP contribution in [0.15, 0.2) is 24.3 Å². The van der Waals surface area contributed by atoms with E-state index in [1.807, 2.05) is 12.1 Å². The van der Waals surface area contributed by atoms with Crippen LogP contribution in [0, 0.1) is 10.1 Å². The van der Waals surface area contributed by atoms with Gasteiger partial charge in [-0.15, -0.1) is 0 Å². The van der Waals surface area contributed by atoms with E-state index in [1.54, 1.807) is 12.1 Å². The van der Waals surface area contributed by atoms with Crippen molar-refractivity contribution in [1.82, 2.24) is 0 Å². The molecule has 1 aliphatic rings. The van der Waals surface area contributed by atoms with Gasteiger partial charge in [0, 0.05) is 0 Å². The molecule has 1 N–H and O–H groups in total. The van der Waals surface area contributed by atoms with Gasteiger partial charge < -0.3 is 5.32 Å². The summed E-state index contributed by atoms with van der Waals surface area (Å²) < 4.78 is 0. The van der Waals surface area contributed by atoms with Crippen LogP contribution in [0.25, 0.3) is 0 Å². The summed E-state index contributed by atoms with van der Waals surface area (Å²) in [5, 5.41) is 14.0. The third-order valence-corrected chi connectivity index (χ3v) is 1.80. The molecule has 0 fully saturated rings. The maximum atomic E-state index is 10.5. The molecule has 1 aliphatic heterocycles. The molecule has 1 heterocycles. The number of para-hydroxylation sites is 2. The molecule has 62 valence electrons. The van der Waals surface area contributed by atoms with Crippen molar-refractivity contribution in [2.75, 3.05) is 17.0 Å². The molecule has 0 bridgehead atoms. The Morgan fingerprint density at radius 1 is 1.50 bits per heavy atom. The summed E-state index contributed by atoms with van der Waals surface area (Å²) in [4.78, 5) is 10.5. The lowest BCUT2D eigenvalue weighted by atomic mass is 10.3. The fourth-order valence-corrected chi connectivity index (χ4v) is 1.24. The Morgan fingerprint density at radius 2 is 2.25 bits per heavy atom. The van der Waals surface area contributed by atoms with Gasteiger partial charge in [0.2, 0.25) is 0 Å². The summed E-state index contributed by atoms with van der Waals surface area (Å²) in [7, 11) is 0. The number of rotatable bonds is 1. The summed E-state index contributed by atoms with van der Waals surface area (Å²) in [5.74, 6) is 0. The largest absolute Gasteiger partial charge is 0.361 e. The number of hydrazine groups is 1. The zero-order valence-corrected chi connectivity index (χ0v) is 6.23. The lowest BCUT2D eigenvalue weighted by molar-refractivity contribution is -0.492. The summed E-state index contributed by atoms with van der Waals surface area (Å²) >= 11 is 0. The predicted molar refractivity (Wildman–Crippen MR) is 44.4 cm³/mol. The molecule has 0 aliphatic carbocycles. The minimum atomic E-state index is -0.418. The van der Waals surface area contributed by atoms with Gasteiger partial charge in [-0.25, -0.2) is 10.1 Å². The number of hydrogen-bond donors (Lipinski definition) is 1. The maximum Gasteiger partial charge on any atom is 0.166 e. The number of benzene rings is 1. The quantitative estimate of drug-likeness (QED) is 0.499. The van der Waals surface area contributed by atoms with Crippen LogP contribution in [0.3, 0.4) is 0 Å². The molecule has 2 rings (SSSR count). The van der Waals surface area contributed by atoms with Crippen molar-refractivity contribution in [1.29, 1.82) is 0 Å². The molecule has 12 heavy (non-hydrogen) atoms. The average molecular weight is 165 g/mol. The summed E-state index contributed by atoms with van der Waals surface area (Å²) in [6.07, 6.45) is 0. The number of hydrogen-bond acceptors (Lipinski definition) is 3. The first kappa shape index (κ1) is 6.90. The van der Waals surface area contributed by atoms with Crippen molar-refractivity contribution >= 4 is 11.4 Å². The van der Waals surface area contributed by atoms with Crippen LogP contribution in [0.5, 0.6) is 0 Å². The van der Waals surface area contributed by atoms with E-state index in [2.05, 4.69) is 5.32 Å². The molecule has 0 spiro atoms. The molecule has 0 saturated heterocycles. The Balaban J connectivity index is 2.42. The van der Waals surface area contributed by atoms with E-state index in [0.29, 0.717) is 5.69 Å². The van der Waals surface area contributed by atoms with Crippen molar-refractivity contribution in [3.63, 3.8) is 0 Å². The number of nitro groups is 1. The lowest BCUT2D eigenvalue weighted by Crippen LogP contribution is -2.28. The third-order valence-electron chi connectivity index (χ3n) is 1.80. The number of fused-ring (bicyclic) bond motifs is 1. The van der Waals surface area contributed by atoms with Gasteiger partial charge in [0.1, 0.15) is 5.69 Å². The monoisotopic (exact) mass is 165 g/mol. The smallest absolute Gasteiger partial charge is 0.166 e. The normalized spacial score (nSPS) is 13.8. The maximum absolute atomic E-state index is 10.5. The number of nitrogens with one attached hydrogen (secondary N) is 1. The van der Waals surface area contributed by atoms with Crippen LogP contribution in [-0.2, 0) is 0 Å². The summed E-state index contributed by atoms with van der Waals surface area (Å²) in [6, 6.07) is 7.16. The van der Waals surface area contributed by atoms with Gasteiger partial charge in [-0.05, 0) is 12.1 Å². The Labute approximate surface area is 68.7 Å². The van der Waals surface area contributed by atoms with Crippen molar-refractivity contribution in [3.05, 3.63) is 34.4 Å². The van der Waals surface area contributed by atoms with Gasteiger partial charge >= 0.3 is 0 Å². The molecule has 0 aromatic heterocycles. The van der Waals surface area contributed by atoms with E-state index in [-0.39, 0.29) is 6.67 Å². The van der Waals surface area contributed by atoms with Crippen LogP contribution in [0.1, 0.15) is 0 Å². The van der Waals surface area contributed by atoms with Gasteiger partial charge in [-0.3, -0.25) is 0 Å². The first-order valence-corrected chi connectivity index (χ1v) is 3.54. The van der Waals surface area contributed by atoms with Crippen LogP contribution in [0.2, 0.25) is 0 Å². The third kappa shape index (κ3) is 0.868. The van der Waals surface area contributed by atoms with Crippen molar-refractivity contribution in [2.24, 2.45) is 0 Å². The zero-order valence-electron chi connectivity index (χ0n) is 6.23. The van der Waals surface area contributed by atoms with E-state index < -0.39 is 5.03 Å². The van der Waals surface area contributed by atoms with E-state index in [0.717, 1.165) is 10.7 Å². The molecule has 0 unspecified atom stereocenters. The highest BCUT2D eigenvalue weighted by atomic mass is 16.7. The topological polar surface area (TPSA) is 58.4 Å². The molecule has 0 atom stereocenters. The van der Waals surface area contributed by atoms with Gasteiger partial charge in [-0.2, -0.15) is 0 Å². The van der Waals surface area contributed by atoms with E-state index in [1.165, 1.54) is 0 Å². The molecular weight excluding hydrogens is 158 g/mol. The number of anilines is 2. The summed E-state index contributed by atoms with van der Waals surface area (Å²) in [5.41, 5.74) is 1.44. The second-order valence-corrected chi connectivity index (χ2v) is 2.49. The van der Waals surface area contributed by atoms with E-state index >= 15 is 0 Å². The highest BCUT2D eigenvalue weighted by Crippen LogP contribution is 2.29. The Morgan fingerprint density at radius 3 is 3.00 bits per heavy atom. The molecule has 0 radical (unpaired) electrons. The lowest BCUT2D eigenvalue weighted by Gasteiger charge is -2.04. The average Bonchev–Trinajstić information content (AvgIpc) is 2.47.